The Morgan fingerprint density at radius 2 is 1.82 bits per heavy atom. The lowest BCUT2D eigenvalue weighted by atomic mass is 9.92. The molecule has 7 rings (SSSR count). The Morgan fingerprint density at radius 3 is 2.45 bits per heavy atom. The van der Waals surface area contributed by atoms with Crippen LogP contribution in [0.4, 0.5) is 4.39 Å². The van der Waals surface area contributed by atoms with E-state index in [0.29, 0.717) is 33.1 Å². The molecule has 0 saturated heterocycles. The largest absolute Gasteiger partial charge is 0.437 e. The van der Waals surface area contributed by atoms with Crippen LogP contribution in [0.2, 0.25) is 5.15 Å². The third kappa shape index (κ3) is 3.56. The normalized spacial score (nSPS) is 23.8. The summed E-state index contributed by atoms with van der Waals surface area (Å²) < 4.78 is 19.4. The van der Waals surface area contributed by atoms with Crippen LogP contribution >= 0.6 is 11.6 Å². The molecule has 2 aromatic heterocycles. The summed E-state index contributed by atoms with van der Waals surface area (Å²) in [6.45, 7) is 4.00. The van der Waals surface area contributed by atoms with Gasteiger partial charge in [-0.25, -0.2) is 9.37 Å². The molecule has 6 nitrogen and oxygen atoms in total. The van der Waals surface area contributed by atoms with Crippen LogP contribution in [0.5, 0.6) is 0 Å². The molecule has 3 fully saturated rings. The van der Waals surface area contributed by atoms with Crippen molar-refractivity contribution in [2.75, 3.05) is 7.05 Å². The lowest BCUT2D eigenvalue weighted by Gasteiger charge is -2.26. The number of hydrogen-bond donors (Lipinski definition) is 2. The molecule has 3 aliphatic carbocycles. The van der Waals surface area contributed by atoms with Gasteiger partial charge in [-0.3, -0.25) is 9.59 Å². The van der Waals surface area contributed by atoms with E-state index in [9.17, 15) is 14.0 Å². The van der Waals surface area contributed by atoms with E-state index in [-0.39, 0.29) is 39.5 Å². The number of pyridine rings is 1. The van der Waals surface area contributed by atoms with Crippen molar-refractivity contribution >= 4 is 34.5 Å². The molecular weight excluding hydrogens is 505 g/mol. The average molecular weight is 532 g/mol. The number of nitrogens with one attached hydrogen (secondary N) is 2. The van der Waals surface area contributed by atoms with Crippen molar-refractivity contribution in [1.82, 2.24) is 15.6 Å². The summed E-state index contributed by atoms with van der Waals surface area (Å²) in [4.78, 5) is 30.3. The smallest absolute Gasteiger partial charge is 0.255 e. The number of aromatic nitrogens is 1. The molecule has 2 N–H and O–H groups in total. The second kappa shape index (κ2) is 8.67. The van der Waals surface area contributed by atoms with Crippen molar-refractivity contribution in [3.63, 3.8) is 0 Å². The molecule has 3 unspecified atom stereocenters. The van der Waals surface area contributed by atoms with Gasteiger partial charge in [0.05, 0.1) is 10.9 Å². The lowest BCUT2D eigenvalue weighted by molar-refractivity contribution is 0.0904. The zero-order chi connectivity index (χ0) is 26.8. The highest BCUT2D eigenvalue weighted by atomic mass is 35.5. The number of benzene rings is 2. The molecular formula is C30H27ClFN3O3. The topological polar surface area (TPSA) is 84.2 Å². The van der Waals surface area contributed by atoms with Crippen molar-refractivity contribution < 1.29 is 18.4 Å². The van der Waals surface area contributed by atoms with Crippen LogP contribution in [-0.4, -0.2) is 29.4 Å². The quantitative estimate of drug-likeness (QED) is 0.283. The molecule has 8 heteroatoms. The number of hydrogen-bond acceptors (Lipinski definition) is 4. The second-order valence-electron chi connectivity index (χ2n) is 10.1. The van der Waals surface area contributed by atoms with Crippen molar-refractivity contribution in [3.05, 3.63) is 76.7 Å². The molecule has 2 aromatic carbocycles. The van der Waals surface area contributed by atoms with Gasteiger partial charge >= 0.3 is 0 Å². The molecule has 2 heterocycles. The van der Waals surface area contributed by atoms with Crippen molar-refractivity contribution in [2.24, 2.45) is 11.3 Å². The summed E-state index contributed by atoms with van der Waals surface area (Å²) in [5.41, 5.74) is 3.25. The highest BCUT2D eigenvalue weighted by molar-refractivity contribution is 6.32. The monoisotopic (exact) mass is 531 g/mol. The first-order chi connectivity index (χ1) is 18.3. The predicted molar refractivity (Wildman–Crippen MR) is 145 cm³/mol. The Kier molecular flexibility index (Phi) is 5.61. The Labute approximate surface area is 224 Å². The maximum Gasteiger partial charge on any atom is 0.255 e. The van der Waals surface area contributed by atoms with Gasteiger partial charge in [-0.05, 0) is 78.6 Å². The number of amides is 2. The molecule has 0 aliphatic heterocycles. The molecule has 38 heavy (non-hydrogen) atoms. The van der Waals surface area contributed by atoms with Gasteiger partial charge in [0.15, 0.2) is 0 Å². The number of carbonyl (C=O) groups is 2. The number of fused-ring (bicyclic) bond motifs is 1. The summed E-state index contributed by atoms with van der Waals surface area (Å²) in [5.74, 6) is 0.235. The fourth-order valence-electron chi connectivity index (χ4n) is 6.21. The Morgan fingerprint density at radius 1 is 1.05 bits per heavy atom. The molecule has 2 amide bonds. The molecule has 3 atom stereocenters. The van der Waals surface area contributed by atoms with Gasteiger partial charge in [0.2, 0.25) is 5.71 Å². The number of carbonyl (C=O) groups excluding carboxylic acids is 2. The zero-order valence-electron chi connectivity index (χ0n) is 21.3. The fraction of sp³-hybridized carbons (Fsp3) is 0.300. The van der Waals surface area contributed by atoms with Gasteiger partial charge in [-0.1, -0.05) is 37.6 Å². The zero-order valence-corrected chi connectivity index (χ0v) is 22.1. The third-order valence-corrected chi connectivity index (χ3v) is 8.55. The Hall–Kier alpha value is -3.71. The summed E-state index contributed by atoms with van der Waals surface area (Å²) in [5, 5.41) is 6.55. The van der Waals surface area contributed by atoms with E-state index < -0.39 is 5.82 Å². The maximum absolute atomic E-state index is 13.5. The predicted octanol–water partition coefficient (Wildman–Crippen LogP) is 6.62. The average Bonchev–Trinajstić information content (AvgIpc) is 3.60. The van der Waals surface area contributed by atoms with Crippen LogP contribution in [-0.2, 0) is 0 Å². The van der Waals surface area contributed by atoms with E-state index in [2.05, 4.69) is 15.6 Å². The number of nitrogens with zero attached hydrogens (tertiary/aromatic N) is 1. The minimum absolute atomic E-state index is 0.0127. The maximum atomic E-state index is 13.5. The summed E-state index contributed by atoms with van der Waals surface area (Å²) >= 11 is 6.56. The highest BCUT2D eigenvalue weighted by Crippen LogP contribution is 2.89. The minimum atomic E-state index is -0.394. The summed E-state index contributed by atoms with van der Waals surface area (Å²) in [7, 11) is 1.53. The number of halogens is 2. The fourth-order valence-corrected chi connectivity index (χ4v) is 6.45. The molecule has 0 radical (unpaired) electrons. The van der Waals surface area contributed by atoms with Gasteiger partial charge in [0.25, 0.3) is 11.8 Å². The molecule has 3 saturated carbocycles. The minimum Gasteiger partial charge on any atom is -0.437 e. The van der Waals surface area contributed by atoms with Gasteiger partial charge in [0, 0.05) is 29.3 Å². The van der Waals surface area contributed by atoms with Gasteiger partial charge in [-0.15, -0.1) is 0 Å². The third-order valence-electron chi connectivity index (χ3n) is 8.26. The van der Waals surface area contributed by atoms with Crippen LogP contribution in [0.25, 0.3) is 33.6 Å². The van der Waals surface area contributed by atoms with Crippen LogP contribution in [0.1, 0.15) is 53.8 Å². The molecule has 1 spiro atoms. The van der Waals surface area contributed by atoms with Gasteiger partial charge < -0.3 is 15.1 Å². The summed E-state index contributed by atoms with van der Waals surface area (Å²) in [6.07, 6.45) is 3.43. The van der Waals surface area contributed by atoms with Crippen LogP contribution in [0.15, 0.2) is 59.0 Å². The van der Waals surface area contributed by atoms with Gasteiger partial charge in [0.1, 0.15) is 16.7 Å². The molecule has 4 aromatic rings. The van der Waals surface area contributed by atoms with Crippen LogP contribution < -0.4 is 10.6 Å². The first-order valence-corrected chi connectivity index (χ1v) is 13.3. The Balaban J connectivity index is 0.00000129. The van der Waals surface area contributed by atoms with Crippen molar-refractivity contribution in [1.29, 1.82) is 0 Å². The van der Waals surface area contributed by atoms with Crippen LogP contribution in [0.3, 0.4) is 0 Å². The summed E-state index contributed by atoms with van der Waals surface area (Å²) in [6, 6.07) is 14.7. The van der Waals surface area contributed by atoms with E-state index in [1.54, 1.807) is 30.3 Å². The van der Waals surface area contributed by atoms with Crippen molar-refractivity contribution in [2.45, 2.75) is 38.6 Å². The number of rotatable bonds is 5. The van der Waals surface area contributed by atoms with Crippen LogP contribution in [0, 0.1) is 17.2 Å². The first-order valence-electron chi connectivity index (χ1n) is 12.9. The van der Waals surface area contributed by atoms with E-state index in [0.717, 1.165) is 18.8 Å². The molecule has 3 aliphatic rings. The Bertz CT molecular complexity index is 1610. The van der Waals surface area contributed by atoms with E-state index in [4.69, 9.17) is 16.0 Å². The highest BCUT2D eigenvalue weighted by Gasteiger charge is 2.89. The lowest BCUT2D eigenvalue weighted by Crippen LogP contribution is -2.43. The molecule has 194 valence electrons. The second-order valence-corrected chi connectivity index (χ2v) is 10.5. The SMILES string of the molecule is CC.CNC(=O)c1c(-c2ccc(F)cc2)oc2nc(Cl)c(-c3cccc(C(=O)NC45CC6CC64C5)c3)cc12. The van der Waals surface area contributed by atoms with E-state index >= 15 is 0 Å². The first kappa shape index (κ1) is 24.6. The molecule has 0 bridgehead atoms. The van der Waals surface area contributed by atoms with E-state index in [1.165, 1.54) is 25.6 Å². The van der Waals surface area contributed by atoms with Gasteiger partial charge in [-0.2, -0.15) is 0 Å². The standard InChI is InChI=1S/C28H21ClFN3O3.C2H6/c1-31-25(35)21-20-10-19(23(29)32-26(20)36-22(21)14-5-7-18(30)8-6-14)15-3-2-4-16(9-15)24(34)33-28-12-17-11-27(17,28)13-28;1-2/h2-10,17H,11-13H2,1H3,(H,31,35)(H,33,34);1-2H3. The number of furan rings is 1. The van der Waals surface area contributed by atoms with E-state index in [1.807, 2.05) is 26.0 Å². The van der Waals surface area contributed by atoms with Crippen molar-refractivity contribution in [3.8, 4) is 22.5 Å².